The Morgan fingerprint density at radius 2 is 1.88 bits per heavy atom. The van der Waals surface area contributed by atoms with Gasteiger partial charge in [-0.25, -0.2) is 4.79 Å². The van der Waals surface area contributed by atoms with E-state index < -0.39 is 5.97 Å². The number of aryl methyl sites for hydroxylation is 2. The quantitative estimate of drug-likeness (QED) is 0.640. The molecule has 1 aromatic carbocycles. The molecule has 0 aliphatic rings. The average molecular weight is 359 g/mol. The Hall–Kier alpha value is -2.86. The van der Waals surface area contributed by atoms with Crippen molar-refractivity contribution in [2.75, 3.05) is 7.11 Å². The predicted octanol–water partition coefficient (Wildman–Crippen LogP) is 4.47. The lowest BCUT2D eigenvalue weighted by Gasteiger charge is -1.99. The molecule has 0 atom stereocenters. The molecule has 0 radical (unpaired) electrons. The van der Waals surface area contributed by atoms with Crippen molar-refractivity contribution >= 4 is 28.7 Å². The highest BCUT2D eigenvalue weighted by Gasteiger charge is 2.16. The number of ether oxygens (including phenoxy) is 1. The van der Waals surface area contributed by atoms with Gasteiger partial charge in [0.1, 0.15) is 16.6 Å². The fourth-order valence-corrected chi connectivity index (χ4v) is 2.52. The molecule has 0 bridgehead atoms. The number of nitrogens with zero attached hydrogens (tertiary/aromatic N) is 2. The van der Waals surface area contributed by atoms with Crippen LogP contribution in [-0.2, 0) is 4.74 Å². The molecule has 2 aromatic heterocycles. The zero-order valence-corrected chi connectivity index (χ0v) is 14.6. The Labute approximate surface area is 149 Å². The zero-order valence-electron chi connectivity index (χ0n) is 13.9. The highest BCUT2D eigenvalue weighted by Crippen LogP contribution is 2.28. The number of aromatic nitrogens is 2. The first kappa shape index (κ1) is 17.0. The first-order valence-corrected chi connectivity index (χ1v) is 7.82. The molecular weight excluding hydrogens is 344 g/mol. The third-order valence-corrected chi connectivity index (χ3v) is 3.80. The molecule has 7 heteroatoms. The maximum atomic E-state index is 11.4. The average Bonchev–Trinajstić information content (AvgIpc) is 3.21. The van der Waals surface area contributed by atoms with Gasteiger partial charge in [-0.3, -0.25) is 0 Å². The van der Waals surface area contributed by atoms with Crippen molar-refractivity contribution in [3.05, 3.63) is 58.9 Å². The summed E-state index contributed by atoms with van der Waals surface area (Å²) in [7, 11) is 1.34. The Morgan fingerprint density at radius 3 is 2.48 bits per heavy atom. The molecule has 0 amide bonds. The molecule has 0 N–H and O–H groups in total. The molecular formula is C18H15ClN2O4. The molecule has 0 saturated heterocycles. The van der Waals surface area contributed by atoms with Crippen molar-refractivity contribution in [1.29, 1.82) is 0 Å². The topological polar surface area (TPSA) is 78.4 Å². The Morgan fingerprint density at radius 1 is 1.16 bits per heavy atom. The number of hydrogen-bond acceptors (Lipinski definition) is 6. The molecule has 3 aromatic rings. The summed E-state index contributed by atoms with van der Waals surface area (Å²) in [6.07, 6.45) is 1.67. The minimum atomic E-state index is -0.394. The van der Waals surface area contributed by atoms with Crippen molar-refractivity contribution in [1.82, 2.24) is 10.2 Å². The summed E-state index contributed by atoms with van der Waals surface area (Å²) in [5, 5.41) is 8.27. The molecule has 0 saturated carbocycles. The number of esters is 1. The van der Waals surface area contributed by atoms with Crippen LogP contribution in [0.15, 0.2) is 39.2 Å². The van der Waals surface area contributed by atoms with Crippen molar-refractivity contribution < 1.29 is 18.4 Å². The number of methoxy groups -OCH3 is 1. The van der Waals surface area contributed by atoms with E-state index in [-0.39, 0.29) is 5.89 Å². The lowest BCUT2D eigenvalue weighted by Crippen LogP contribution is -2.00. The van der Waals surface area contributed by atoms with Crippen LogP contribution in [0, 0.1) is 13.8 Å². The molecule has 0 fully saturated rings. The van der Waals surface area contributed by atoms with Gasteiger partial charge in [-0.2, -0.15) is 0 Å². The number of carbonyl (C=O) groups excluding carboxylic acids is 1. The smallest absolute Gasteiger partial charge is 0.337 e. The molecule has 2 heterocycles. The standard InChI is InChI=1S/C18H15ClN2O4/c1-10-8-14(11(2)24-10)16-20-21-17(25-16)15(19)9-12-4-6-13(7-5-12)18(22)23-3/h4-9H,1-3H3/b15-9-. The van der Waals surface area contributed by atoms with Crippen LogP contribution in [0.25, 0.3) is 22.6 Å². The van der Waals surface area contributed by atoms with Crippen LogP contribution in [-0.4, -0.2) is 23.3 Å². The molecule has 3 rings (SSSR count). The second kappa shape index (κ2) is 6.94. The van der Waals surface area contributed by atoms with Crippen molar-refractivity contribution in [2.45, 2.75) is 13.8 Å². The van der Waals surface area contributed by atoms with Gasteiger partial charge in [0.15, 0.2) is 0 Å². The first-order chi connectivity index (χ1) is 12.0. The molecule has 6 nitrogen and oxygen atoms in total. The Balaban J connectivity index is 1.83. The summed E-state index contributed by atoms with van der Waals surface area (Å²) >= 11 is 6.27. The summed E-state index contributed by atoms with van der Waals surface area (Å²) in [5.74, 6) is 1.61. The second-order valence-corrected chi connectivity index (χ2v) is 5.75. The molecule has 25 heavy (non-hydrogen) atoms. The van der Waals surface area contributed by atoms with Crippen LogP contribution < -0.4 is 0 Å². The molecule has 0 aliphatic carbocycles. The van der Waals surface area contributed by atoms with Gasteiger partial charge in [0.2, 0.25) is 0 Å². The summed E-state index contributed by atoms with van der Waals surface area (Å²) in [6.45, 7) is 3.67. The monoisotopic (exact) mass is 358 g/mol. The van der Waals surface area contributed by atoms with E-state index in [4.69, 9.17) is 20.4 Å². The number of benzene rings is 1. The van der Waals surface area contributed by atoms with Gasteiger partial charge < -0.3 is 13.6 Å². The van der Waals surface area contributed by atoms with Gasteiger partial charge in [-0.15, -0.1) is 10.2 Å². The van der Waals surface area contributed by atoms with Crippen LogP contribution >= 0.6 is 11.6 Å². The SMILES string of the molecule is COC(=O)c1ccc(/C=C(\Cl)c2nnc(-c3cc(C)oc3C)o2)cc1. The number of furan rings is 1. The first-order valence-electron chi connectivity index (χ1n) is 7.45. The third kappa shape index (κ3) is 3.64. The lowest BCUT2D eigenvalue weighted by molar-refractivity contribution is 0.0600. The predicted molar refractivity (Wildman–Crippen MR) is 93.0 cm³/mol. The fraction of sp³-hybridized carbons (Fsp3) is 0.167. The molecule has 128 valence electrons. The van der Waals surface area contributed by atoms with E-state index in [2.05, 4.69) is 14.9 Å². The maximum absolute atomic E-state index is 11.4. The summed E-state index contributed by atoms with van der Waals surface area (Å²) in [6, 6.07) is 8.62. The Kier molecular flexibility index (Phi) is 4.72. The van der Waals surface area contributed by atoms with Gasteiger partial charge in [0.05, 0.1) is 18.2 Å². The van der Waals surface area contributed by atoms with Crippen LogP contribution in [0.5, 0.6) is 0 Å². The minimum absolute atomic E-state index is 0.201. The van der Waals surface area contributed by atoms with E-state index in [1.165, 1.54) is 7.11 Å². The summed E-state index contributed by atoms with van der Waals surface area (Å²) in [4.78, 5) is 11.4. The van der Waals surface area contributed by atoms with Crippen LogP contribution in [0.4, 0.5) is 0 Å². The molecule has 0 spiro atoms. The summed E-state index contributed by atoms with van der Waals surface area (Å²) < 4.78 is 15.7. The van der Waals surface area contributed by atoms with E-state index in [0.717, 1.165) is 16.9 Å². The number of halogens is 1. The van der Waals surface area contributed by atoms with E-state index in [9.17, 15) is 4.79 Å². The Bertz CT molecular complexity index is 938. The van der Waals surface area contributed by atoms with E-state index in [0.29, 0.717) is 22.2 Å². The minimum Gasteiger partial charge on any atom is -0.466 e. The highest BCUT2D eigenvalue weighted by atomic mass is 35.5. The fourth-order valence-electron chi connectivity index (χ4n) is 2.31. The van der Waals surface area contributed by atoms with E-state index >= 15 is 0 Å². The van der Waals surface area contributed by atoms with Crippen molar-refractivity contribution in [2.24, 2.45) is 0 Å². The summed E-state index contributed by atoms with van der Waals surface area (Å²) in [5.41, 5.74) is 1.98. The molecule has 0 unspecified atom stereocenters. The van der Waals surface area contributed by atoms with Crippen LogP contribution in [0.2, 0.25) is 0 Å². The zero-order chi connectivity index (χ0) is 18.0. The largest absolute Gasteiger partial charge is 0.466 e. The van der Waals surface area contributed by atoms with Crippen molar-refractivity contribution in [3.8, 4) is 11.5 Å². The number of rotatable bonds is 4. The lowest BCUT2D eigenvalue weighted by atomic mass is 10.1. The van der Waals surface area contributed by atoms with Gasteiger partial charge >= 0.3 is 5.97 Å². The van der Waals surface area contributed by atoms with Gasteiger partial charge in [0, 0.05) is 0 Å². The van der Waals surface area contributed by atoms with E-state index in [1.807, 2.05) is 19.9 Å². The van der Waals surface area contributed by atoms with Gasteiger partial charge in [-0.1, -0.05) is 23.7 Å². The third-order valence-electron chi connectivity index (χ3n) is 3.53. The molecule has 0 aliphatic heterocycles. The second-order valence-electron chi connectivity index (χ2n) is 5.35. The van der Waals surface area contributed by atoms with Gasteiger partial charge in [0.25, 0.3) is 11.8 Å². The van der Waals surface area contributed by atoms with Crippen LogP contribution in [0.1, 0.15) is 33.3 Å². The maximum Gasteiger partial charge on any atom is 0.337 e. The van der Waals surface area contributed by atoms with Crippen LogP contribution in [0.3, 0.4) is 0 Å². The van der Waals surface area contributed by atoms with E-state index in [1.54, 1.807) is 30.3 Å². The number of carbonyl (C=O) groups is 1. The van der Waals surface area contributed by atoms with Crippen molar-refractivity contribution in [3.63, 3.8) is 0 Å². The highest BCUT2D eigenvalue weighted by molar-refractivity contribution is 6.50. The normalized spacial score (nSPS) is 11.6. The van der Waals surface area contributed by atoms with Gasteiger partial charge in [-0.05, 0) is 43.7 Å². The number of hydrogen-bond donors (Lipinski definition) is 0.